The molecule has 0 radical (unpaired) electrons. The van der Waals surface area contributed by atoms with Crippen LogP contribution in [0.4, 0.5) is 5.82 Å². The number of hydrogen-bond donors (Lipinski definition) is 2. The highest BCUT2D eigenvalue weighted by atomic mass is 79.9. The third-order valence-corrected chi connectivity index (χ3v) is 7.09. The van der Waals surface area contributed by atoms with Crippen molar-refractivity contribution in [2.75, 3.05) is 5.32 Å². The van der Waals surface area contributed by atoms with Crippen molar-refractivity contribution < 1.29 is 14.0 Å². The Hall–Kier alpha value is -2.97. The van der Waals surface area contributed by atoms with Crippen LogP contribution in [0, 0.1) is 5.92 Å². The average molecular weight is 583 g/mol. The number of aromatic nitrogens is 1. The van der Waals surface area contributed by atoms with E-state index in [2.05, 4.69) is 47.5 Å². The maximum absolute atomic E-state index is 13.5. The van der Waals surface area contributed by atoms with Gasteiger partial charge in [0.25, 0.3) is 5.91 Å². The SMILES string of the molecule is CC1=C(C(=O)Nc2ccc(Br)cn2)C(c2ccc(-c3ccc(Br)cc3)o2)C2C(=O)CCC=C2N1. The molecule has 6 nitrogen and oxygen atoms in total. The molecule has 2 atom stereocenters. The zero-order valence-corrected chi connectivity index (χ0v) is 21.4. The molecule has 34 heavy (non-hydrogen) atoms. The Bertz CT molecular complexity index is 1320. The summed E-state index contributed by atoms with van der Waals surface area (Å²) >= 11 is 6.81. The van der Waals surface area contributed by atoms with Gasteiger partial charge in [-0.3, -0.25) is 9.59 Å². The van der Waals surface area contributed by atoms with Gasteiger partial charge in [-0.25, -0.2) is 4.98 Å². The van der Waals surface area contributed by atoms with Crippen molar-refractivity contribution in [2.45, 2.75) is 25.7 Å². The monoisotopic (exact) mass is 581 g/mol. The predicted molar refractivity (Wildman–Crippen MR) is 137 cm³/mol. The number of fused-ring (bicyclic) bond motifs is 1. The summed E-state index contributed by atoms with van der Waals surface area (Å²) in [5, 5.41) is 6.18. The standard InChI is InChI=1S/C26H21Br2N3O3/c1-14-23(26(33)31-22-12-9-17(28)13-29-22)25(24-18(30-14)3-2-4-19(24)32)21-11-10-20(34-21)15-5-7-16(27)8-6-15/h3,5-13,24-25,30H,2,4H2,1H3,(H,29,31,33). The number of benzene rings is 1. The number of carbonyl (C=O) groups excluding carboxylic acids is 2. The predicted octanol–water partition coefficient (Wildman–Crippen LogP) is 6.33. The second-order valence-electron chi connectivity index (χ2n) is 8.31. The van der Waals surface area contributed by atoms with Gasteiger partial charge in [0.15, 0.2) is 0 Å². The lowest BCUT2D eigenvalue weighted by Crippen LogP contribution is -2.41. The molecule has 172 valence electrons. The van der Waals surface area contributed by atoms with Crippen LogP contribution in [0.1, 0.15) is 31.4 Å². The number of ketones is 1. The van der Waals surface area contributed by atoms with Gasteiger partial charge in [0.1, 0.15) is 23.1 Å². The molecular weight excluding hydrogens is 562 g/mol. The Morgan fingerprint density at radius 3 is 2.56 bits per heavy atom. The largest absolute Gasteiger partial charge is 0.460 e. The average Bonchev–Trinajstić information content (AvgIpc) is 3.30. The summed E-state index contributed by atoms with van der Waals surface area (Å²) < 4.78 is 8.07. The van der Waals surface area contributed by atoms with Crippen molar-refractivity contribution >= 4 is 49.4 Å². The van der Waals surface area contributed by atoms with E-state index in [0.29, 0.717) is 41.5 Å². The molecule has 1 aliphatic carbocycles. The summed E-state index contributed by atoms with van der Waals surface area (Å²) in [7, 11) is 0. The van der Waals surface area contributed by atoms with Crippen molar-refractivity contribution in [3.63, 3.8) is 0 Å². The normalized spacial score (nSPS) is 19.9. The molecule has 0 bridgehead atoms. The molecule has 0 fully saturated rings. The molecule has 0 saturated heterocycles. The molecule has 3 aromatic rings. The first-order valence-electron chi connectivity index (χ1n) is 10.9. The van der Waals surface area contributed by atoms with Crippen molar-refractivity contribution in [3.8, 4) is 11.3 Å². The van der Waals surface area contributed by atoms with Crippen molar-refractivity contribution in [3.05, 3.63) is 92.5 Å². The lowest BCUT2D eigenvalue weighted by Gasteiger charge is -2.37. The lowest BCUT2D eigenvalue weighted by atomic mass is 9.72. The first-order chi connectivity index (χ1) is 16.4. The third kappa shape index (κ3) is 4.40. The summed E-state index contributed by atoms with van der Waals surface area (Å²) in [4.78, 5) is 30.9. The van der Waals surface area contributed by atoms with Gasteiger partial charge in [-0.15, -0.1) is 0 Å². The molecule has 8 heteroatoms. The van der Waals surface area contributed by atoms with Crippen LogP contribution in [0.3, 0.4) is 0 Å². The van der Waals surface area contributed by atoms with Crippen molar-refractivity contribution in [1.29, 1.82) is 0 Å². The van der Waals surface area contributed by atoms with E-state index in [9.17, 15) is 9.59 Å². The molecule has 1 aromatic carbocycles. The van der Waals surface area contributed by atoms with E-state index in [1.807, 2.05) is 55.5 Å². The number of amides is 1. The van der Waals surface area contributed by atoms with E-state index in [0.717, 1.165) is 20.2 Å². The van der Waals surface area contributed by atoms with Crippen LogP contribution >= 0.6 is 31.9 Å². The Morgan fingerprint density at radius 2 is 1.82 bits per heavy atom. The van der Waals surface area contributed by atoms with Crippen LogP contribution in [-0.4, -0.2) is 16.7 Å². The molecule has 2 unspecified atom stereocenters. The van der Waals surface area contributed by atoms with Gasteiger partial charge in [-0.1, -0.05) is 34.1 Å². The van der Waals surface area contributed by atoms with Gasteiger partial charge in [0, 0.05) is 44.1 Å². The summed E-state index contributed by atoms with van der Waals surface area (Å²) in [5.41, 5.74) is 2.91. The summed E-state index contributed by atoms with van der Waals surface area (Å²) in [6, 6.07) is 15.1. The molecule has 0 saturated carbocycles. The fourth-order valence-corrected chi connectivity index (χ4v) is 5.04. The Kier molecular flexibility index (Phi) is 6.27. The highest BCUT2D eigenvalue weighted by Gasteiger charge is 2.44. The Morgan fingerprint density at radius 1 is 1.06 bits per heavy atom. The number of allylic oxidation sites excluding steroid dienone is 3. The molecule has 1 aliphatic heterocycles. The third-order valence-electron chi connectivity index (χ3n) is 6.09. The zero-order valence-electron chi connectivity index (χ0n) is 18.3. The van der Waals surface area contributed by atoms with Gasteiger partial charge in [-0.05, 0) is 65.7 Å². The maximum Gasteiger partial charge on any atom is 0.255 e. The van der Waals surface area contributed by atoms with E-state index >= 15 is 0 Å². The number of anilines is 1. The van der Waals surface area contributed by atoms with Gasteiger partial charge < -0.3 is 15.1 Å². The van der Waals surface area contributed by atoms with Gasteiger partial charge >= 0.3 is 0 Å². The number of pyridine rings is 1. The molecule has 2 N–H and O–H groups in total. The molecule has 3 heterocycles. The lowest BCUT2D eigenvalue weighted by molar-refractivity contribution is -0.123. The number of nitrogens with zero attached hydrogens (tertiary/aromatic N) is 1. The number of rotatable bonds is 4. The maximum atomic E-state index is 13.5. The van der Waals surface area contributed by atoms with Crippen LogP contribution in [0.2, 0.25) is 0 Å². The summed E-state index contributed by atoms with van der Waals surface area (Å²) in [6.45, 7) is 1.85. The van der Waals surface area contributed by atoms with Crippen molar-refractivity contribution in [1.82, 2.24) is 10.3 Å². The Labute approximate surface area is 213 Å². The first-order valence-corrected chi connectivity index (χ1v) is 12.5. The van der Waals surface area contributed by atoms with E-state index in [4.69, 9.17) is 4.42 Å². The number of furan rings is 1. The van der Waals surface area contributed by atoms with Crippen LogP contribution in [0.5, 0.6) is 0 Å². The second-order valence-corrected chi connectivity index (χ2v) is 10.1. The topological polar surface area (TPSA) is 84.2 Å². The van der Waals surface area contributed by atoms with Crippen LogP contribution in [0.15, 0.2) is 91.1 Å². The smallest absolute Gasteiger partial charge is 0.255 e. The van der Waals surface area contributed by atoms with Crippen LogP contribution in [-0.2, 0) is 9.59 Å². The van der Waals surface area contributed by atoms with Gasteiger partial charge in [0.05, 0.1) is 11.8 Å². The fourth-order valence-electron chi connectivity index (χ4n) is 4.54. The summed E-state index contributed by atoms with van der Waals surface area (Å²) in [5.74, 6) is 0.430. The Balaban J connectivity index is 1.56. The number of Topliss-reactive ketones (excluding diaryl/α,β-unsaturated/α-hetero) is 1. The molecule has 5 rings (SSSR count). The summed E-state index contributed by atoms with van der Waals surface area (Å²) in [6.07, 6.45) is 4.79. The van der Waals surface area contributed by atoms with E-state index in [1.54, 1.807) is 12.3 Å². The van der Waals surface area contributed by atoms with Gasteiger partial charge in [-0.2, -0.15) is 0 Å². The minimum Gasteiger partial charge on any atom is -0.460 e. The van der Waals surface area contributed by atoms with E-state index < -0.39 is 11.8 Å². The number of halogens is 2. The molecule has 2 aromatic heterocycles. The minimum atomic E-state index is -0.542. The molecule has 1 amide bonds. The second kappa shape index (κ2) is 9.35. The highest BCUT2D eigenvalue weighted by molar-refractivity contribution is 9.10. The van der Waals surface area contributed by atoms with E-state index in [1.165, 1.54) is 0 Å². The highest BCUT2D eigenvalue weighted by Crippen LogP contribution is 2.45. The van der Waals surface area contributed by atoms with Crippen LogP contribution in [0.25, 0.3) is 11.3 Å². The zero-order chi connectivity index (χ0) is 23.8. The number of nitrogens with one attached hydrogen (secondary N) is 2. The van der Waals surface area contributed by atoms with E-state index in [-0.39, 0.29) is 11.7 Å². The minimum absolute atomic E-state index is 0.0937. The van der Waals surface area contributed by atoms with Crippen LogP contribution < -0.4 is 10.6 Å². The quantitative estimate of drug-likeness (QED) is 0.375. The molecule has 0 spiro atoms. The van der Waals surface area contributed by atoms with Crippen molar-refractivity contribution in [2.24, 2.45) is 5.92 Å². The number of carbonyl (C=O) groups is 2. The number of hydrogen-bond acceptors (Lipinski definition) is 5. The fraction of sp³-hybridized carbons (Fsp3) is 0.192. The molecule has 2 aliphatic rings. The first kappa shape index (κ1) is 22.8. The van der Waals surface area contributed by atoms with Gasteiger partial charge in [0.2, 0.25) is 0 Å². The molecular formula is C26H21Br2N3O3.